The summed E-state index contributed by atoms with van der Waals surface area (Å²) < 4.78 is 61.3. The zero-order chi connectivity index (χ0) is 86.5. The number of ether oxygens (including phenoxy) is 3. The zero-order valence-electron chi connectivity index (χ0n) is 74.5. The molecule has 5 atom stereocenters. The molecule has 0 bridgehead atoms. The smallest absolute Gasteiger partial charge is 0.463 e. The summed E-state index contributed by atoms with van der Waals surface area (Å²) in [6.45, 7) is 2.27. The fraction of sp³-hybridized carbons (Fsp3) is 0.634. The fourth-order valence-electron chi connectivity index (χ4n) is 12.1. The quantitative estimate of drug-likeness (QED) is 0.0146. The SMILES string of the molecule is CC/C=C\C/C=C\C/C=C\C/C=C\C/C=C\C/C=C\CCCCCCCCCCCCCCCCCCC(=O)OCC(O)COP(=O)(O)OCC(O)COP(=O)(O)OCC(COC(=O)CCCCCCCCCCCCCCC/C=C\C/C=C\C/C=C\C/C=C\C/C=C\CC)OC(=O)CC/C=C\C/C=C\C/C=C\C/C=C\C/C=C\C/C=C\CC. The van der Waals surface area contributed by atoms with Crippen LogP contribution in [-0.2, 0) is 55.8 Å². The number of allylic oxidation sites excluding steroid dienone is 34. The van der Waals surface area contributed by atoms with Gasteiger partial charge >= 0.3 is 33.6 Å². The number of hydrogen-bond donors (Lipinski definition) is 4. The number of aliphatic hydroxyl groups is 2. The minimum Gasteiger partial charge on any atom is -0.463 e. The molecule has 0 aliphatic rings. The van der Waals surface area contributed by atoms with Crippen molar-refractivity contribution in [1.82, 2.24) is 0 Å². The predicted octanol–water partition coefficient (Wildman–Crippen LogP) is 28.8. The van der Waals surface area contributed by atoms with Gasteiger partial charge in [0.25, 0.3) is 0 Å². The second kappa shape index (κ2) is 91.3. The van der Waals surface area contributed by atoms with Gasteiger partial charge in [-0.2, -0.15) is 0 Å². The van der Waals surface area contributed by atoms with Crippen LogP contribution in [0.3, 0.4) is 0 Å². The molecule has 16 nitrogen and oxygen atoms in total. The van der Waals surface area contributed by atoms with Gasteiger partial charge in [0, 0.05) is 19.3 Å². The Bertz CT molecular complexity index is 2990. The van der Waals surface area contributed by atoms with Crippen molar-refractivity contribution in [2.45, 2.75) is 373 Å². The molecule has 5 unspecified atom stereocenters. The minimum atomic E-state index is -4.97. The van der Waals surface area contributed by atoms with Gasteiger partial charge in [0.05, 0.1) is 26.4 Å². The Kier molecular flexibility index (Phi) is 86.8. The van der Waals surface area contributed by atoms with E-state index in [4.69, 9.17) is 32.3 Å². The number of rotatable bonds is 86. The number of aliphatic hydroxyl groups excluding tert-OH is 2. The van der Waals surface area contributed by atoms with Crippen LogP contribution in [0.15, 0.2) is 207 Å². The maximum Gasteiger partial charge on any atom is 0.472 e. The van der Waals surface area contributed by atoms with Crippen LogP contribution in [0, 0.1) is 0 Å². The van der Waals surface area contributed by atoms with Crippen molar-refractivity contribution in [2.75, 3.05) is 39.6 Å². The molecule has 0 aliphatic heterocycles. The van der Waals surface area contributed by atoms with Crippen LogP contribution in [0.2, 0.25) is 0 Å². The number of phosphoric acid groups is 2. The molecule has 0 radical (unpaired) electrons. The highest BCUT2D eigenvalue weighted by Crippen LogP contribution is 2.45. The van der Waals surface area contributed by atoms with Crippen molar-refractivity contribution in [3.63, 3.8) is 0 Å². The molecule has 0 fully saturated rings. The maximum atomic E-state index is 13.0. The van der Waals surface area contributed by atoms with E-state index in [0.29, 0.717) is 25.7 Å². The lowest BCUT2D eigenvalue weighted by molar-refractivity contribution is -0.161. The van der Waals surface area contributed by atoms with Crippen molar-refractivity contribution in [2.24, 2.45) is 0 Å². The molecule has 0 aromatic carbocycles. The molecule has 0 spiro atoms. The number of carbonyl (C=O) groups excluding carboxylic acids is 3. The van der Waals surface area contributed by atoms with Crippen LogP contribution in [0.5, 0.6) is 0 Å². The maximum absolute atomic E-state index is 13.0. The van der Waals surface area contributed by atoms with E-state index in [1.807, 2.05) is 18.2 Å². The number of unbranched alkanes of at least 4 members (excludes halogenated alkanes) is 29. The van der Waals surface area contributed by atoms with Crippen molar-refractivity contribution in [3.05, 3.63) is 207 Å². The molecular formula is C101H166O16P2. The van der Waals surface area contributed by atoms with Crippen LogP contribution in [0.25, 0.3) is 0 Å². The Hall–Kier alpha value is -5.87. The molecule has 4 N–H and O–H groups in total. The summed E-state index contributed by atoms with van der Waals surface area (Å²) in [6, 6.07) is 0. The Morgan fingerprint density at radius 3 is 0.697 bits per heavy atom. The highest BCUT2D eigenvalue weighted by atomic mass is 31.2. The van der Waals surface area contributed by atoms with Gasteiger partial charge in [-0.05, 0) is 154 Å². The van der Waals surface area contributed by atoms with Crippen molar-refractivity contribution < 1.29 is 75.8 Å². The Morgan fingerprint density at radius 1 is 0.235 bits per heavy atom. The largest absolute Gasteiger partial charge is 0.472 e. The lowest BCUT2D eigenvalue weighted by atomic mass is 10.0. The van der Waals surface area contributed by atoms with Crippen LogP contribution in [0.1, 0.15) is 355 Å². The van der Waals surface area contributed by atoms with Crippen LogP contribution in [-0.4, -0.2) is 95.9 Å². The summed E-state index contributed by atoms with van der Waals surface area (Å²) in [4.78, 5) is 58.9. The Labute approximate surface area is 724 Å². The lowest BCUT2D eigenvalue weighted by Crippen LogP contribution is -2.29. The van der Waals surface area contributed by atoms with Crippen molar-refractivity contribution in [1.29, 1.82) is 0 Å². The third kappa shape index (κ3) is 92.7. The molecule has 0 aliphatic carbocycles. The molecular weight excluding hydrogens is 1530 g/mol. The normalized spacial score (nSPS) is 14.7. The monoisotopic (exact) mass is 1700 g/mol. The number of hydrogen-bond acceptors (Lipinski definition) is 14. The van der Waals surface area contributed by atoms with Gasteiger partial charge in [-0.3, -0.25) is 32.5 Å². The molecule has 18 heteroatoms. The first-order valence-electron chi connectivity index (χ1n) is 46.4. The van der Waals surface area contributed by atoms with Crippen LogP contribution >= 0.6 is 15.6 Å². The molecule has 119 heavy (non-hydrogen) atoms. The van der Waals surface area contributed by atoms with E-state index in [0.717, 1.165) is 154 Å². The zero-order valence-corrected chi connectivity index (χ0v) is 76.2. The van der Waals surface area contributed by atoms with E-state index in [1.54, 1.807) is 0 Å². The van der Waals surface area contributed by atoms with Crippen LogP contribution < -0.4 is 0 Å². The van der Waals surface area contributed by atoms with Gasteiger partial charge in [-0.1, -0.05) is 388 Å². The average Bonchev–Trinajstić information content (AvgIpc) is 0.924. The summed E-state index contributed by atoms with van der Waals surface area (Å²) in [5.41, 5.74) is 0. The third-order valence-corrected chi connectivity index (χ3v) is 20.9. The van der Waals surface area contributed by atoms with E-state index in [9.17, 15) is 43.5 Å². The Morgan fingerprint density at radius 2 is 0.437 bits per heavy atom. The highest BCUT2D eigenvalue weighted by Gasteiger charge is 2.29. The van der Waals surface area contributed by atoms with E-state index >= 15 is 0 Å². The Balaban J connectivity index is 4.56. The summed E-state index contributed by atoms with van der Waals surface area (Å²) in [5.74, 6) is -1.68. The first-order valence-corrected chi connectivity index (χ1v) is 49.4. The second-order valence-corrected chi connectivity index (χ2v) is 33.2. The fourth-order valence-corrected chi connectivity index (χ4v) is 13.7. The van der Waals surface area contributed by atoms with Gasteiger partial charge in [0.15, 0.2) is 6.10 Å². The van der Waals surface area contributed by atoms with Gasteiger partial charge < -0.3 is 34.2 Å². The highest BCUT2D eigenvalue weighted by molar-refractivity contribution is 7.47. The summed E-state index contributed by atoms with van der Waals surface area (Å²) in [7, 11) is -9.84. The first-order chi connectivity index (χ1) is 58.2. The average molecular weight is 1700 g/mol. The van der Waals surface area contributed by atoms with Gasteiger partial charge in [0.1, 0.15) is 25.4 Å². The predicted molar refractivity (Wildman–Crippen MR) is 500 cm³/mol. The van der Waals surface area contributed by atoms with Gasteiger partial charge in [-0.15, -0.1) is 0 Å². The van der Waals surface area contributed by atoms with Crippen molar-refractivity contribution >= 4 is 33.6 Å². The molecule has 0 saturated carbocycles. The van der Waals surface area contributed by atoms with E-state index in [2.05, 4.69) is 209 Å². The van der Waals surface area contributed by atoms with Crippen molar-refractivity contribution in [3.8, 4) is 0 Å². The molecule has 0 rings (SSSR count). The molecule has 0 aromatic rings. The number of carbonyl (C=O) groups is 3. The second-order valence-electron chi connectivity index (χ2n) is 30.3. The third-order valence-electron chi connectivity index (χ3n) is 19.0. The number of esters is 3. The van der Waals surface area contributed by atoms with E-state index < -0.39 is 91.5 Å². The molecule has 0 saturated heterocycles. The first kappa shape index (κ1) is 113. The molecule has 0 amide bonds. The van der Waals surface area contributed by atoms with Crippen LogP contribution in [0.4, 0.5) is 0 Å². The molecule has 676 valence electrons. The topological polar surface area (TPSA) is 231 Å². The molecule has 0 aromatic heterocycles. The molecule has 0 heterocycles. The summed E-state index contributed by atoms with van der Waals surface area (Å²) in [5, 5.41) is 20.7. The standard InChI is InChI=1S/C101H166O16P2/c1-4-7-10-13-16-19-22-25-28-31-34-36-38-40-42-44-45-46-47-48-49-51-53-54-56-58-61-63-66-69-72-75-78-81-84-87-99(104)111-90-96(102)91-113-118(107,108)114-92-97(103)93-115-119(109,110)116-95-98(117-101(106)89-86-83-80-77-74-71-68-65-60-33-30-27-24-21-18-15-12-9-6-3)94-112-100(105)88-85-82-79-76-73-70-67-64-62-59-57-55-52-50-43-41-39-37-35-32-29-26-23-20-17-14-11-8-5-2/h7-12,16-21,25-30,34-37,40-43,45-46,60,65,71,74,80,83,96-98,102-103H,4-6,13-15,22-24,31-33,38-39,44,47-59,61-64,66-70,72-73,75-79,81-82,84-95H2,1-3H3,(H,107,108)(H,109,110)/b10-7-,11-8-,12-9-,19-16-,20-17-,21-18-,28-25-,29-26-,30-27-,36-34-,37-35-,42-40-,43-41-,46-45-,65-60-,74-71-,83-80-. The summed E-state index contributed by atoms with van der Waals surface area (Å²) >= 11 is 0. The lowest BCUT2D eigenvalue weighted by Gasteiger charge is -2.21. The van der Waals surface area contributed by atoms with Gasteiger partial charge in [0.2, 0.25) is 0 Å². The summed E-state index contributed by atoms with van der Waals surface area (Å²) in [6.07, 6.45) is 123. The number of phosphoric ester groups is 2. The van der Waals surface area contributed by atoms with E-state index in [-0.39, 0.29) is 19.3 Å². The minimum absolute atomic E-state index is 0.0265. The van der Waals surface area contributed by atoms with E-state index in [1.165, 1.54) is 135 Å². The van der Waals surface area contributed by atoms with Gasteiger partial charge in [-0.25, -0.2) is 9.13 Å².